The zero-order valence-corrected chi connectivity index (χ0v) is 14.9. The molecule has 132 valence electrons. The second kappa shape index (κ2) is 8.07. The number of benzene rings is 1. The van der Waals surface area contributed by atoms with Crippen molar-refractivity contribution in [1.29, 1.82) is 0 Å². The number of nitrogens with one attached hydrogen (secondary N) is 1. The van der Waals surface area contributed by atoms with Crippen LogP contribution in [0.25, 0.3) is 0 Å². The lowest BCUT2D eigenvalue weighted by Gasteiger charge is -2.37. The van der Waals surface area contributed by atoms with Crippen molar-refractivity contribution >= 4 is 17.4 Å². The molecule has 1 fully saturated rings. The molecule has 1 unspecified atom stereocenters. The summed E-state index contributed by atoms with van der Waals surface area (Å²) in [5, 5.41) is 3.02. The van der Waals surface area contributed by atoms with Crippen molar-refractivity contribution < 1.29 is 4.79 Å². The van der Waals surface area contributed by atoms with Crippen LogP contribution in [0.4, 0.5) is 11.5 Å². The topological polar surface area (TPSA) is 61.4 Å². The summed E-state index contributed by atoms with van der Waals surface area (Å²) in [7, 11) is 0. The molecule has 1 aliphatic heterocycles. The first-order valence-corrected chi connectivity index (χ1v) is 8.82. The highest BCUT2D eigenvalue weighted by Gasteiger charge is 2.26. The maximum absolute atomic E-state index is 12.5. The SMILES string of the molecule is CCc1ccc(NC(=O)C(C)N2CCN(c3cnccn3)CC2)cc1. The van der Waals surface area contributed by atoms with Gasteiger partial charge in [-0.2, -0.15) is 0 Å². The molecule has 25 heavy (non-hydrogen) atoms. The van der Waals surface area contributed by atoms with Gasteiger partial charge in [0.25, 0.3) is 0 Å². The van der Waals surface area contributed by atoms with Gasteiger partial charge in [0, 0.05) is 44.3 Å². The zero-order chi connectivity index (χ0) is 17.6. The second-order valence-electron chi connectivity index (χ2n) is 6.30. The Morgan fingerprint density at radius 2 is 1.88 bits per heavy atom. The third-order valence-corrected chi connectivity index (χ3v) is 4.74. The van der Waals surface area contributed by atoms with E-state index >= 15 is 0 Å². The van der Waals surface area contributed by atoms with Crippen molar-refractivity contribution in [3.63, 3.8) is 0 Å². The summed E-state index contributed by atoms with van der Waals surface area (Å²) in [6, 6.07) is 7.89. The predicted molar refractivity (Wildman–Crippen MR) is 99.7 cm³/mol. The maximum atomic E-state index is 12.5. The summed E-state index contributed by atoms with van der Waals surface area (Å²) in [6.45, 7) is 7.45. The predicted octanol–water partition coefficient (Wildman–Crippen LogP) is 2.19. The van der Waals surface area contributed by atoms with Gasteiger partial charge in [0.15, 0.2) is 0 Å². The largest absolute Gasteiger partial charge is 0.353 e. The minimum absolute atomic E-state index is 0.0391. The lowest BCUT2D eigenvalue weighted by molar-refractivity contribution is -0.120. The van der Waals surface area contributed by atoms with E-state index in [9.17, 15) is 4.79 Å². The van der Waals surface area contributed by atoms with E-state index in [0.29, 0.717) is 0 Å². The fourth-order valence-corrected chi connectivity index (χ4v) is 3.03. The van der Waals surface area contributed by atoms with Crippen LogP contribution >= 0.6 is 0 Å². The van der Waals surface area contributed by atoms with Crippen molar-refractivity contribution in [2.45, 2.75) is 26.3 Å². The minimum Gasteiger partial charge on any atom is -0.353 e. The summed E-state index contributed by atoms with van der Waals surface area (Å²) in [5.41, 5.74) is 2.12. The van der Waals surface area contributed by atoms with E-state index in [1.807, 2.05) is 19.1 Å². The molecule has 0 saturated carbocycles. The number of aromatic nitrogens is 2. The molecule has 6 heteroatoms. The second-order valence-corrected chi connectivity index (χ2v) is 6.30. The Labute approximate surface area is 148 Å². The van der Waals surface area contributed by atoms with Crippen LogP contribution in [-0.2, 0) is 11.2 Å². The Hall–Kier alpha value is -2.47. The fourth-order valence-electron chi connectivity index (χ4n) is 3.03. The Morgan fingerprint density at radius 3 is 2.48 bits per heavy atom. The molecule has 1 aromatic carbocycles. The average Bonchev–Trinajstić information content (AvgIpc) is 2.69. The standard InChI is InChI=1S/C19H25N5O/c1-3-16-4-6-17(7-5-16)22-19(25)15(2)23-10-12-24(13-11-23)18-14-20-8-9-21-18/h4-9,14-15H,3,10-13H2,1-2H3,(H,22,25). The van der Waals surface area contributed by atoms with Crippen LogP contribution in [0.5, 0.6) is 0 Å². The zero-order valence-electron chi connectivity index (χ0n) is 14.9. The number of hydrogen-bond donors (Lipinski definition) is 1. The van der Waals surface area contributed by atoms with E-state index in [-0.39, 0.29) is 11.9 Å². The smallest absolute Gasteiger partial charge is 0.241 e. The van der Waals surface area contributed by atoms with Crippen molar-refractivity contribution in [2.75, 3.05) is 36.4 Å². The first-order chi connectivity index (χ1) is 12.2. The Bertz CT molecular complexity index is 681. The van der Waals surface area contributed by atoms with Gasteiger partial charge >= 0.3 is 0 Å². The van der Waals surface area contributed by atoms with Crippen molar-refractivity contribution in [2.24, 2.45) is 0 Å². The molecule has 6 nitrogen and oxygen atoms in total. The van der Waals surface area contributed by atoms with Gasteiger partial charge in [0.1, 0.15) is 5.82 Å². The Morgan fingerprint density at radius 1 is 1.16 bits per heavy atom. The van der Waals surface area contributed by atoms with Crippen LogP contribution in [0.15, 0.2) is 42.9 Å². The highest BCUT2D eigenvalue weighted by Crippen LogP contribution is 2.15. The number of carbonyl (C=O) groups is 1. The highest BCUT2D eigenvalue weighted by molar-refractivity contribution is 5.94. The molecular formula is C19H25N5O. The van der Waals surface area contributed by atoms with E-state index in [4.69, 9.17) is 0 Å². The number of carbonyl (C=O) groups excluding carboxylic acids is 1. The first-order valence-electron chi connectivity index (χ1n) is 8.82. The molecule has 0 bridgehead atoms. The number of rotatable bonds is 5. The number of piperazine rings is 1. The van der Waals surface area contributed by atoms with Crippen LogP contribution in [0, 0.1) is 0 Å². The van der Waals surface area contributed by atoms with Gasteiger partial charge in [-0.05, 0) is 31.0 Å². The molecule has 3 rings (SSSR count). The molecule has 2 aromatic rings. The Kier molecular flexibility index (Phi) is 5.60. The van der Waals surface area contributed by atoms with Crippen LogP contribution in [0.2, 0.25) is 0 Å². The van der Waals surface area contributed by atoms with Crippen LogP contribution in [0.3, 0.4) is 0 Å². The molecule has 1 aliphatic rings. The lowest BCUT2D eigenvalue weighted by atomic mass is 10.1. The normalized spacial score (nSPS) is 16.5. The maximum Gasteiger partial charge on any atom is 0.241 e. The highest BCUT2D eigenvalue weighted by atomic mass is 16.2. The van der Waals surface area contributed by atoms with E-state index in [1.54, 1.807) is 18.6 Å². The number of nitrogens with zero attached hydrogens (tertiary/aromatic N) is 4. The molecule has 1 amide bonds. The van der Waals surface area contributed by atoms with Crippen LogP contribution in [0.1, 0.15) is 19.4 Å². The van der Waals surface area contributed by atoms with Gasteiger partial charge in [-0.1, -0.05) is 19.1 Å². The van der Waals surface area contributed by atoms with Gasteiger partial charge in [0.05, 0.1) is 12.2 Å². The molecule has 1 saturated heterocycles. The third-order valence-electron chi connectivity index (χ3n) is 4.74. The van der Waals surface area contributed by atoms with Gasteiger partial charge in [-0.3, -0.25) is 14.7 Å². The van der Waals surface area contributed by atoms with E-state index in [1.165, 1.54) is 5.56 Å². The number of aryl methyl sites for hydroxylation is 1. The van der Waals surface area contributed by atoms with E-state index in [0.717, 1.165) is 44.1 Å². The van der Waals surface area contributed by atoms with Gasteiger partial charge in [-0.15, -0.1) is 0 Å². The molecular weight excluding hydrogens is 314 g/mol. The minimum atomic E-state index is -0.158. The van der Waals surface area contributed by atoms with Gasteiger partial charge < -0.3 is 10.2 Å². The molecule has 1 aromatic heterocycles. The van der Waals surface area contributed by atoms with Gasteiger partial charge in [0.2, 0.25) is 5.91 Å². The summed E-state index contributed by atoms with van der Waals surface area (Å²) in [6.07, 6.45) is 6.17. The molecule has 2 heterocycles. The fraction of sp³-hybridized carbons (Fsp3) is 0.421. The van der Waals surface area contributed by atoms with Crippen LogP contribution < -0.4 is 10.2 Å². The van der Waals surface area contributed by atoms with Crippen molar-refractivity contribution in [1.82, 2.24) is 14.9 Å². The average molecular weight is 339 g/mol. The van der Waals surface area contributed by atoms with E-state index in [2.05, 4.69) is 44.1 Å². The molecule has 1 N–H and O–H groups in total. The van der Waals surface area contributed by atoms with Gasteiger partial charge in [-0.25, -0.2) is 4.98 Å². The molecule has 1 atom stereocenters. The summed E-state index contributed by atoms with van der Waals surface area (Å²) in [5.74, 6) is 0.937. The monoisotopic (exact) mass is 339 g/mol. The first kappa shape index (κ1) is 17.4. The number of hydrogen-bond acceptors (Lipinski definition) is 5. The summed E-state index contributed by atoms with van der Waals surface area (Å²) < 4.78 is 0. The third kappa shape index (κ3) is 4.33. The molecule has 0 aliphatic carbocycles. The Balaban J connectivity index is 1.52. The summed E-state index contributed by atoms with van der Waals surface area (Å²) in [4.78, 5) is 25.4. The van der Waals surface area contributed by atoms with E-state index < -0.39 is 0 Å². The quantitative estimate of drug-likeness (QED) is 0.905. The number of anilines is 2. The molecule has 0 radical (unpaired) electrons. The molecule has 0 spiro atoms. The lowest BCUT2D eigenvalue weighted by Crippen LogP contribution is -2.53. The summed E-state index contributed by atoms with van der Waals surface area (Å²) >= 11 is 0. The number of amides is 1. The van der Waals surface area contributed by atoms with Crippen molar-refractivity contribution in [3.05, 3.63) is 48.4 Å². The van der Waals surface area contributed by atoms with Crippen molar-refractivity contribution in [3.8, 4) is 0 Å². The van der Waals surface area contributed by atoms with Crippen LogP contribution in [-0.4, -0.2) is 53.0 Å².